The average molecular weight is 222 g/mol. The van der Waals surface area contributed by atoms with Crippen molar-refractivity contribution in [2.75, 3.05) is 0 Å². The van der Waals surface area contributed by atoms with E-state index in [-0.39, 0.29) is 0 Å². The summed E-state index contributed by atoms with van der Waals surface area (Å²) in [5, 5.41) is 10.7. The molecule has 0 radical (unpaired) electrons. The summed E-state index contributed by atoms with van der Waals surface area (Å²) in [6, 6.07) is 0. The molecule has 0 aromatic carbocycles. The molecule has 3 heteroatoms. The van der Waals surface area contributed by atoms with Crippen LogP contribution in [-0.4, -0.2) is 14.7 Å². The lowest BCUT2D eigenvalue weighted by Gasteiger charge is -2.26. The molecule has 1 aliphatic rings. The highest BCUT2D eigenvalue weighted by Gasteiger charge is 2.35. The fourth-order valence-electron chi connectivity index (χ4n) is 2.84. The zero-order chi connectivity index (χ0) is 11.6. The van der Waals surface area contributed by atoms with E-state index < -0.39 is 5.60 Å². The van der Waals surface area contributed by atoms with Crippen LogP contribution in [0, 0.1) is 5.92 Å². The molecule has 0 aliphatic heterocycles. The normalized spacial score (nSPS) is 31.3. The van der Waals surface area contributed by atoms with Gasteiger partial charge in [-0.3, -0.25) is 0 Å². The van der Waals surface area contributed by atoms with Crippen LogP contribution in [0.1, 0.15) is 51.3 Å². The Morgan fingerprint density at radius 1 is 1.50 bits per heavy atom. The topological polar surface area (TPSA) is 38.1 Å². The van der Waals surface area contributed by atoms with Crippen molar-refractivity contribution in [1.82, 2.24) is 9.55 Å². The summed E-state index contributed by atoms with van der Waals surface area (Å²) < 4.78 is 1.95. The molecule has 0 amide bonds. The Morgan fingerprint density at radius 3 is 2.94 bits per heavy atom. The summed E-state index contributed by atoms with van der Waals surface area (Å²) in [6.07, 6.45) is 10.1. The molecule has 2 rings (SSSR count). The van der Waals surface area contributed by atoms with Gasteiger partial charge in [0.05, 0.1) is 0 Å². The Hall–Kier alpha value is -0.830. The van der Waals surface area contributed by atoms with Crippen LogP contribution < -0.4 is 0 Å². The fraction of sp³-hybridized carbons (Fsp3) is 0.769. The van der Waals surface area contributed by atoms with Crippen molar-refractivity contribution in [3.8, 4) is 0 Å². The van der Waals surface area contributed by atoms with Crippen LogP contribution in [-0.2, 0) is 12.6 Å². The molecule has 1 aromatic rings. The highest BCUT2D eigenvalue weighted by Crippen LogP contribution is 2.37. The van der Waals surface area contributed by atoms with Crippen molar-refractivity contribution >= 4 is 0 Å². The van der Waals surface area contributed by atoms with Gasteiger partial charge >= 0.3 is 0 Å². The maximum Gasteiger partial charge on any atom is 0.140 e. The third-order valence-electron chi connectivity index (χ3n) is 3.98. The molecule has 0 saturated heterocycles. The SMILES string of the molecule is CCC1CCCC(O)(c2nccn2C)CC1. The van der Waals surface area contributed by atoms with Gasteiger partial charge in [0.2, 0.25) is 0 Å². The number of hydrogen-bond acceptors (Lipinski definition) is 2. The van der Waals surface area contributed by atoms with E-state index in [1.807, 2.05) is 17.8 Å². The van der Waals surface area contributed by atoms with Gasteiger partial charge < -0.3 is 9.67 Å². The van der Waals surface area contributed by atoms with Gasteiger partial charge in [-0.2, -0.15) is 0 Å². The van der Waals surface area contributed by atoms with Gasteiger partial charge in [0.15, 0.2) is 0 Å². The Labute approximate surface area is 97.5 Å². The highest BCUT2D eigenvalue weighted by molar-refractivity contribution is 5.05. The summed E-state index contributed by atoms with van der Waals surface area (Å²) in [5.74, 6) is 1.62. The molecule has 90 valence electrons. The van der Waals surface area contributed by atoms with Crippen LogP contribution in [0.25, 0.3) is 0 Å². The van der Waals surface area contributed by atoms with Crippen molar-refractivity contribution < 1.29 is 5.11 Å². The molecule has 3 nitrogen and oxygen atoms in total. The van der Waals surface area contributed by atoms with Crippen LogP contribution in [0.5, 0.6) is 0 Å². The Bertz CT molecular complexity index is 347. The first-order chi connectivity index (χ1) is 7.65. The quantitative estimate of drug-likeness (QED) is 0.781. The van der Waals surface area contributed by atoms with E-state index in [4.69, 9.17) is 0 Å². The van der Waals surface area contributed by atoms with Crippen molar-refractivity contribution in [1.29, 1.82) is 0 Å². The molecular weight excluding hydrogens is 200 g/mol. The number of rotatable bonds is 2. The second-order valence-electron chi connectivity index (χ2n) is 5.10. The second-order valence-corrected chi connectivity index (χ2v) is 5.10. The Morgan fingerprint density at radius 2 is 2.31 bits per heavy atom. The average Bonchev–Trinajstić information content (AvgIpc) is 2.60. The predicted molar refractivity (Wildman–Crippen MR) is 64.0 cm³/mol. The lowest BCUT2D eigenvalue weighted by Crippen LogP contribution is -2.28. The van der Waals surface area contributed by atoms with Crippen molar-refractivity contribution in [3.63, 3.8) is 0 Å². The van der Waals surface area contributed by atoms with Crippen LogP contribution in [0.3, 0.4) is 0 Å². The lowest BCUT2D eigenvalue weighted by atomic mass is 9.92. The monoisotopic (exact) mass is 222 g/mol. The molecule has 1 aliphatic carbocycles. The largest absolute Gasteiger partial charge is 0.382 e. The molecular formula is C13H22N2O. The number of imidazole rings is 1. The molecule has 1 saturated carbocycles. The highest BCUT2D eigenvalue weighted by atomic mass is 16.3. The maximum absolute atomic E-state index is 10.7. The molecule has 1 fully saturated rings. The maximum atomic E-state index is 10.7. The minimum absolute atomic E-state index is 0.692. The third kappa shape index (κ3) is 2.14. The van der Waals surface area contributed by atoms with Crippen molar-refractivity contribution in [2.24, 2.45) is 13.0 Å². The van der Waals surface area contributed by atoms with E-state index in [2.05, 4.69) is 11.9 Å². The number of aromatic nitrogens is 2. The summed E-state index contributed by atoms with van der Waals surface area (Å²) in [7, 11) is 1.96. The number of nitrogens with zero attached hydrogens (tertiary/aromatic N) is 2. The van der Waals surface area contributed by atoms with Gasteiger partial charge in [0.1, 0.15) is 11.4 Å². The van der Waals surface area contributed by atoms with Crippen LogP contribution >= 0.6 is 0 Å². The zero-order valence-corrected chi connectivity index (χ0v) is 10.3. The standard InChI is InChI=1S/C13H22N2O/c1-3-11-5-4-7-13(16,8-6-11)12-14-9-10-15(12)2/h9-11,16H,3-8H2,1-2H3. The lowest BCUT2D eigenvalue weighted by molar-refractivity contribution is 0.00829. The molecule has 16 heavy (non-hydrogen) atoms. The molecule has 1 heterocycles. The number of aryl methyl sites for hydroxylation is 1. The first kappa shape index (κ1) is 11.6. The Balaban J connectivity index is 2.16. The fourth-order valence-corrected chi connectivity index (χ4v) is 2.84. The Kier molecular flexibility index (Phi) is 3.33. The zero-order valence-electron chi connectivity index (χ0n) is 10.3. The number of aliphatic hydroxyl groups is 1. The molecule has 0 bridgehead atoms. The smallest absolute Gasteiger partial charge is 0.140 e. The van der Waals surface area contributed by atoms with Crippen LogP contribution in [0.2, 0.25) is 0 Å². The predicted octanol–water partition coefficient (Wildman–Crippen LogP) is 2.60. The summed E-state index contributed by atoms with van der Waals surface area (Å²) in [6.45, 7) is 2.25. The van der Waals surface area contributed by atoms with Gasteiger partial charge in [-0.25, -0.2) is 4.98 Å². The minimum Gasteiger partial charge on any atom is -0.382 e. The van der Waals surface area contributed by atoms with Gasteiger partial charge in [0.25, 0.3) is 0 Å². The second kappa shape index (κ2) is 4.58. The minimum atomic E-state index is -0.692. The summed E-state index contributed by atoms with van der Waals surface area (Å²) in [4.78, 5) is 4.32. The molecule has 0 spiro atoms. The van der Waals surface area contributed by atoms with Crippen LogP contribution in [0.15, 0.2) is 12.4 Å². The van der Waals surface area contributed by atoms with Crippen LogP contribution in [0.4, 0.5) is 0 Å². The first-order valence-electron chi connectivity index (χ1n) is 6.36. The molecule has 1 aromatic heterocycles. The molecule has 2 unspecified atom stereocenters. The molecule has 1 N–H and O–H groups in total. The first-order valence-corrected chi connectivity index (χ1v) is 6.36. The van der Waals surface area contributed by atoms with Crippen molar-refractivity contribution in [3.05, 3.63) is 18.2 Å². The van der Waals surface area contributed by atoms with E-state index in [9.17, 15) is 5.11 Å². The van der Waals surface area contributed by atoms with Gasteiger partial charge in [-0.15, -0.1) is 0 Å². The molecule has 2 atom stereocenters. The summed E-state index contributed by atoms with van der Waals surface area (Å²) in [5.41, 5.74) is -0.692. The third-order valence-corrected chi connectivity index (χ3v) is 3.98. The van der Waals surface area contributed by atoms with Gasteiger partial charge in [0, 0.05) is 19.4 Å². The van der Waals surface area contributed by atoms with E-state index in [0.29, 0.717) is 0 Å². The van der Waals surface area contributed by atoms with E-state index in [1.54, 1.807) is 6.20 Å². The number of hydrogen-bond donors (Lipinski definition) is 1. The van der Waals surface area contributed by atoms with E-state index in [1.165, 1.54) is 12.8 Å². The summed E-state index contributed by atoms with van der Waals surface area (Å²) >= 11 is 0. The van der Waals surface area contributed by atoms with Gasteiger partial charge in [-0.1, -0.05) is 19.8 Å². The van der Waals surface area contributed by atoms with E-state index >= 15 is 0 Å². The van der Waals surface area contributed by atoms with Gasteiger partial charge in [-0.05, 0) is 31.6 Å². The van der Waals surface area contributed by atoms with E-state index in [0.717, 1.165) is 37.4 Å². The van der Waals surface area contributed by atoms with Crippen molar-refractivity contribution in [2.45, 2.75) is 51.0 Å².